The molecule has 0 radical (unpaired) electrons. The number of amides is 14. The standard InChI is InChI=1S/C68H108N24O19/c1-34(2)27-43(86-57(102)42(21-13-25-80-68(76)77)84-61(106)48(33-94)90-63(108)52(36(4)95)91-60(105)44(28-37-15-7-5-8-16-37)85-54(99)39(69)30-50(70)96)58(103)87-45(31-51(71)97)59(104)83-41(20-12-24-79-67(74)75)56(101)82-40(19-11-23-78-66(72)73)55(100)81-35(3)53(98)89-47(32-93)62(107)88-46(29-38-17-9-6-10-18-38)64(109)92-26-14-22-49(92)65(110)111/h5-10,15-18,34-36,39-49,52,93-95H,11-14,19-33,69H2,1-4H3,(H2,70,96)(H2,71,97)(H,81,100)(H,82,101)(H,83,104)(H,84,106)(H,85,99)(H,86,102)(H,87,103)(H,88,107)(H,89,98)(H,90,108)(H,91,105)(H,110,111)(H4,72,73,78)(H4,74,75,79)(H4,76,77,80)/t35-,36+,39-,40-,41-,42-,43-,44-,45-,46-,47-,48-,49-,52-/m0/s1. The van der Waals surface area contributed by atoms with E-state index in [2.05, 4.69) is 73.5 Å². The maximum Gasteiger partial charge on any atom is 0.326 e. The highest BCUT2D eigenvalue weighted by Gasteiger charge is 2.41. The Labute approximate surface area is 639 Å². The minimum absolute atomic E-state index is 0.0117. The Balaban J connectivity index is 1.92. The summed E-state index contributed by atoms with van der Waals surface area (Å²) in [4.78, 5) is 218. The molecule has 0 saturated carbocycles. The molecular weight excluding hydrogens is 1460 g/mol. The summed E-state index contributed by atoms with van der Waals surface area (Å²) in [5, 5.41) is 68.0. The smallest absolute Gasteiger partial charge is 0.326 e. The molecule has 1 fully saturated rings. The monoisotopic (exact) mass is 1560 g/mol. The minimum atomic E-state index is -1.93. The normalized spacial score (nSPS) is 15.9. The van der Waals surface area contributed by atoms with E-state index in [1.807, 2.05) is 0 Å². The van der Waals surface area contributed by atoms with Crippen LogP contribution in [0.1, 0.15) is 109 Å². The predicted molar refractivity (Wildman–Crippen MR) is 400 cm³/mol. The SMILES string of the molecule is CC(C)C[C@H](NC(=O)[C@H](CCCN=C(N)N)NC(=O)[C@H](CO)NC(=O)[C@@H](NC(=O)[C@H](Cc1ccccc1)NC(=O)[C@@H](N)CC(N)=O)[C@@H](C)O)C(=O)N[C@@H](CC(N)=O)C(=O)N[C@@H](CCCN=C(N)N)C(=O)N[C@@H](CCCN=C(N)N)C(=O)N[C@@H](C)C(=O)N[C@@H](CO)C(=O)N[C@@H](Cc1ccccc1)C(=O)N1CCC[C@H]1C(=O)O. The lowest BCUT2D eigenvalue weighted by Gasteiger charge is -2.29. The fourth-order valence-corrected chi connectivity index (χ4v) is 11.2. The number of hydrogen-bond donors (Lipinski definition) is 24. The topological polar surface area (TPSA) is 744 Å². The molecule has 111 heavy (non-hydrogen) atoms. The number of carbonyl (C=O) groups excluding carboxylic acids is 14. The van der Waals surface area contributed by atoms with Crippen molar-refractivity contribution in [3.8, 4) is 0 Å². The predicted octanol–water partition coefficient (Wildman–Crippen LogP) is -10.4. The number of nitrogens with two attached hydrogens (primary N) is 9. The lowest BCUT2D eigenvalue weighted by atomic mass is 10.0. The van der Waals surface area contributed by atoms with E-state index in [0.29, 0.717) is 17.5 Å². The fraction of sp³-hybridized carbons (Fsp3) is 0.559. The van der Waals surface area contributed by atoms with Crippen LogP contribution in [0.25, 0.3) is 0 Å². The van der Waals surface area contributed by atoms with Crippen LogP contribution < -0.4 is 110 Å². The van der Waals surface area contributed by atoms with E-state index >= 15 is 0 Å². The quantitative estimate of drug-likeness (QED) is 0.0166. The number of aliphatic carboxylic acids is 1. The Morgan fingerprint density at radius 1 is 0.441 bits per heavy atom. The molecular formula is C68H108N24O19. The van der Waals surface area contributed by atoms with Crippen molar-refractivity contribution in [2.45, 2.75) is 196 Å². The molecule has 0 spiro atoms. The van der Waals surface area contributed by atoms with Gasteiger partial charge < -0.3 is 135 Å². The second kappa shape index (κ2) is 47.8. The van der Waals surface area contributed by atoms with Gasteiger partial charge in [-0.2, -0.15) is 0 Å². The highest BCUT2D eigenvalue weighted by Crippen LogP contribution is 2.21. The molecule has 0 unspecified atom stereocenters. The number of carboxylic acid groups (broad SMARTS) is 1. The van der Waals surface area contributed by atoms with Gasteiger partial charge in [0.1, 0.15) is 72.5 Å². The van der Waals surface area contributed by atoms with Crippen LogP contribution in [0, 0.1) is 5.92 Å². The number of aliphatic hydroxyl groups is 3. The molecule has 1 saturated heterocycles. The van der Waals surface area contributed by atoms with E-state index in [0.717, 1.165) is 11.8 Å². The van der Waals surface area contributed by atoms with Gasteiger partial charge in [-0.1, -0.05) is 74.5 Å². The average molecular weight is 1570 g/mol. The second-order valence-corrected chi connectivity index (χ2v) is 26.7. The zero-order valence-electron chi connectivity index (χ0n) is 62.3. The Morgan fingerprint density at radius 2 is 0.802 bits per heavy atom. The molecule has 614 valence electrons. The van der Waals surface area contributed by atoms with Crippen molar-refractivity contribution in [2.24, 2.45) is 72.5 Å². The number of carboxylic acids is 1. The molecule has 3 rings (SSSR count). The van der Waals surface area contributed by atoms with Crippen molar-refractivity contribution in [1.29, 1.82) is 0 Å². The Kier molecular flexibility index (Phi) is 40.2. The van der Waals surface area contributed by atoms with E-state index in [-0.39, 0.29) is 108 Å². The number of aliphatic imine (C=N–C) groups is 3. The van der Waals surface area contributed by atoms with Crippen molar-refractivity contribution < 1.29 is 92.3 Å². The summed E-state index contributed by atoms with van der Waals surface area (Å²) in [5.74, 6) is -17.7. The minimum Gasteiger partial charge on any atom is -0.480 e. The number of primary amides is 2. The Hall–Kier alpha value is -11.9. The number of likely N-dealkylation sites (tertiary alicyclic amines) is 1. The summed E-state index contributed by atoms with van der Waals surface area (Å²) in [6, 6.07) is -4.46. The molecule has 1 aliphatic heterocycles. The summed E-state index contributed by atoms with van der Waals surface area (Å²) in [6.45, 7) is 3.11. The summed E-state index contributed by atoms with van der Waals surface area (Å²) < 4.78 is 0. The summed E-state index contributed by atoms with van der Waals surface area (Å²) in [7, 11) is 0. The number of hydrogen-bond acceptors (Lipinski definition) is 22. The largest absolute Gasteiger partial charge is 0.480 e. The number of aliphatic hydroxyl groups excluding tert-OH is 3. The highest BCUT2D eigenvalue weighted by atomic mass is 16.4. The summed E-state index contributed by atoms with van der Waals surface area (Å²) in [5.41, 5.74) is 50.9. The number of rotatable bonds is 49. The maximum atomic E-state index is 14.5. The summed E-state index contributed by atoms with van der Waals surface area (Å²) >= 11 is 0. The van der Waals surface area contributed by atoms with Gasteiger partial charge in [0.2, 0.25) is 82.7 Å². The van der Waals surface area contributed by atoms with Gasteiger partial charge in [-0.25, -0.2) is 4.79 Å². The van der Waals surface area contributed by atoms with E-state index in [4.69, 9.17) is 51.6 Å². The third-order valence-corrected chi connectivity index (χ3v) is 17.0. The number of benzene rings is 2. The van der Waals surface area contributed by atoms with E-state index in [1.54, 1.807) is 74.5 Å². The van der Waals surface area contributed by atoms with Crippen molar-refractivity contribution in [2.75, 3.05) is 39.4 Å². The molecule has 14 amide bonds. The first-order chi connectivity index (χ1) is 52.3. The number of nitrogens with zero attached hydrogens (tertiary/aromatic N) is 4. The number of nitrogens with one attached hydrogen (secondary N) is 11. The van der Waals surface area contributed by atoms with Gasteiger partial charge >= 0.3 is 5.97 Å². The van der Waals surface area contributed by atoms with Crippen LogP contribution in [0.4, 0.5) is 0 Å². The average Bonchev–Trinajstić information content (AvgIpc) is 1.79. The number of carbonyl (C=O) groups is 15. The molecule has 1 heterocycles. The maximum absolute atomic E-state index is 14.5. The Morgan fingerprint density at radius 3 is 1.22 bits per heavy atom. The zero-order valence-corrected chi connectivity index (χ0v) is 62.3. The van der Waals surface area contributed by atoms with Gasteiger partial charge in [-0.05, 0) is 88.7 Å². The lowest BCUT2D eigenvalue weighted by molar-refractivity contribution is -0.149. The van der Waals surface area contributed by atoms with Crippen LogP contribution in [0.3, 0.4) is 0 Å². The second-order valence-electron chi connectivity index (χ2n) is 26.7. The molecule has 0 aliphatic carbocycles. The number of guanidine groups is 3. The van der Waals surface area contributed by atoms with Gasteiger partial charge in [0, 0.05) is 39.0 Å². The first kappa shape index (κ1) is 93.3. The highest BCUT2D eigenvalue weighted by molar-refractivity contribution is 6.01. The van der Waals surface area contributed by atoms with Gasteiger partial charge in [0.15, 0.2) is 17.9 Å². The van der Waals surface area contributed by atoms with Crippen LogP contribution in [-0.4, -0.2) is 256 Å². The zero-order chi connectivity index (χ0) is 83.2. The van der Waals surface area contributed by atoms with E-state index in [1.165, 1.54) is 6.92 Å². The van der Waals surface area contributed by atoms with Crippen molar-refractivity contribution in [1.82, 2.24) is 63.4 Å². The molecule has 43 heteroatoms. The van der Waals surface area contributed by atoms with Crippen LogP contribution in [0.2, 0.25) is 0 Å². The van der Waals surface area contributed by atoms with Crippen LogP contribution >= 0.6 is 0 Å². The van der Waals surface area contributed by atoms with Crippen LogP contribution in [0.5, 0.6) is 0 Å². The van der Waals surface area contributed by atoms with Crippen LogP contribution in [-0.2, 0) is 84.8 Å². The first-order valence-electron chi connectivity index (χ1n) is 35.7. The molecule has 0 aromatic heterocycles. The molecule has 2 aromatic carbocycles. The van der Waals surface area contributed by atoms with Crippen molar-refractivity contribution in [3.05, 3.63) is 71.8 Å². The molecule has 2 aromatic rings. The third kappa shape index (κ3) is 34.1. The first-order valence-corrected chi connectivity index (χ1v) is 35.7. The lowest BCUT2D eigenvalue weighted by Crippen LogP contribution is -2.62. The van der Waals surface area contributed by atoms with Crippen LogP contribution in [0.15, 0.2) is 75.6 Å². The molecule has 33 N–H and O–H groups in total. The van der Waals surface area contributed by atoms with Gasteiger partial charge in [0.25, 0.3) is 0 Å². The van der Waals surface area contributed by atoms with Gasteiger partial charge in [-0.3, -0.25) is 82.1 Å². The molecule has 43 nitrogen and oxygen atoms in total. The molecule has 14 atom stereocenters. The van der Waals surface area contributed by atoms with E-state index in [9.17, 15) is 92.3 Å². The van der Waals surface area contributed by atoms with Gasteiger partial charge in [-0.15, -0.1) is 0 Å². The van der Waals surface area contributed by atoms with Crippen molar-refractivity contribution >= 4 is 107 Å². The van der Waals surface area contributed by atoms with Gasteiger partial charge in [0.05, 0.1) is 38.2 Å². The molecule has 0 bridgehead atoms. The fourth-order valence-electron chi connectivity index (χ4n) is 11.2. The van der Waals surface area contributed by atoms with Crippen molar-refractivity contribution in [3.63, 3.8) is 0 Å². The van der Waals surface area contributed by atoms with E-state index < -0.39 is 205 Å². The summed E-state index contributed by atoms with van der Waals surface area (Å²) in [6.07, 6.45) is -4.21. The Bertz CT molecular complexity index is 3600. The molecule has 1 aliphatic rings. The third-order valence-electron chi connectivity index (χ3n) is 17.0.